The van der Waals surface area contributed by atoms with Gasteiger partial charge in [-0.25, -0.2) is 4.98 Å². The van der Waals surface area contributed by atoms with E-state index in [1.807, 2.05) is 50.3 Å². The Kier molecular flexibility index (Phi) is 8.22. The van der Waals surface area contributed by atoms with Gasteiger partial charge in [-0.15, -0.1) is 0 Å². The minimum absolute atomic E-state index is 0.151. The summed E-state index contributed by atoms with van der Waals surface area (Å²) >= 11 is 0. The Hall–Kier alpha value is -4.44. The van der Waals surface area contributed by atoms with Crippen LogP contribution in [0.1, 0.15) is 11.1 Å². The van der Waals surface area contributed by atoms with Gasteiger partial charge < -0.3 is 24.8 Å². The maximum atomic E-state index is 12.6. The van der Waals surface area contributed by atoms with Gasteiger partial charge in [0.2, 0.25) is 12.4 Å². The number of hydrogen-bond donors (Lipinski definition) is 2. The third kappa shape index (κ3) is 5.76. The second kappa shape index (κ2) is 11.7. The maximum Gasteiger partial charge on any atom is 0.257 e. The van der Waals surface area contributed by atoms with E-state index in [0.29, 0.717) is 35.9 Å². The number of fused-ring (bicyclic) bond motifs is 1. The number of carbonyl (C=O) groups is 2. The van der Waals surface area contributed by atoms with E-state index in [9.17, 15) is 9.59 Å². The van der Waals surface area contributed by atoms with Crippen molar-refractivity contribution in [1.29, 1.82) is 0 Å². The first-order chi connectivity index (χ1) is 18.3. The lowest BCUT2D eigenvalue weighted by Crippen LogP contribution is -2.30. The van der Waals surface area contributed by atoms with Crippen molar-refractivity contribution in [3.05, 3.63) is 66.4 Å². The van der Waals surface area contributed by atoms with Crippen molar-refractivity contribution >= 4 is 46.7 Å². The molecule has 0 unspecified atom stereocenters. The van der Waals surface area contributed by atoms with Crippen molar-refractivity contribution in [2.24, 2.45) is 0 Å². The molecule has 4 rings (SSSR count). The predicted octanol–water partition coefficient (Wildman–Crippen LogP) is 3.21. The predicted molar refractivity (Wildman–Crippen MR) is 151 cm³/mol. The van der Waals surface area contributed by atoms with Gasteiger partial charge in [0.15, 0.2) is 0 Å². The first-order valence-corrected chi connectivity index (χ1v) is 12.3. The molecule has 2 amide bonds. The van der Waals surface area contributed by atoms with Crippen LogP contribution >= 0.6 is 0 Å². The standard InChI is InChI=1S/C28H33N7O3/c1-19(27(37)30-18-36)21-16-22(25(38-5)17-24(21)34(4)15-14-33(2)3)31-28-29-12-10-26(32-28)35-13-11-20-8-6-7-9-23(20)35/h6-10,12,16-18H,1,11,13-15H2,2-5H3,(H,29,31,32)(H,30,36,37). The fourth-order valence-corrected chi connectivity index (χ4v) is 4.38. The molecule has 2 heterocycles. The van der Waals surface area contributed by atoms with Gasteiger partial charge in [-0.1, -0.05) is 24.8 Å². The largest absolute Gasteiger partial charge is 0.494 e. The number of imide groups is 1. The fraction of sp³-hybridized carbons (Fsp3) is 0.286. The summed E-state index contributed by atoms with van der Waals surface area (Å²) in [6.07, 6.45) is 3.01. The number of rotatable bonds is 11. The zero-order valence-electron chi connectivity index (χ0n) is 22.2. The molecule has 1 aliphatic rings. The first kappa shape index (κ1) is 26.6. The normalized spacial score (nSPS) is 12.2. The van der Waals surface area contributed by atoms with Crippen molar-refractivity contribution in [3.8, 4) is 5.75 Å². The molecule has 0 aliphatic carbocycles. The number of nitrogens with one attached hydrogen (secondary N) is 2. The van der Waals surface area contributed by atoms with Crippen molar-refractivity contribution < 1.29 is 14.3 Å². The number of carbonyl (C=O) groups excluding carboxylic acids is 2. The van der Waals surface area contributed by atoms with Crippen molar-refractivity contribution in [1.82, 2.24) is 20.2 Å². The number of benzene rings is 2. The van der Waals surface area contributed by atoms with Crippen molar-refractivity contribution in [3.63, 3.8) is 0 Å². The highest BCUT2D eigenvalue weighted by Gasteiger charge is 2.23. The van der Waals surface area contributed by atoms with Gasteiger partial charge in [0.1, 0.15) is 11.6 Å². The molecule has 1 aromatic heterocycles. The molecule has 0 spiro atoms. The summed E-state index contributed by atoms with van der Waals surface area (Å²) in [5, 5.41) is 5.43. The maximum absolute atomic E-state index is 12.6. The van der Waals surface area contributed by atoms with Crippen molar-refractivity contribution in [2.45, 2.75) is 6.42 Å². The summed E-state index contributed by atoms with van der Waals surface area (Å²) in [6, 6.07) is 13.8. The molecule has 0 radical (unpaired) electrons. The molecule has 2 N–H and O–H groups in total. The fourth-order valence-electron chi connectivity index (χ4n) is 4.38. The molecular weight excluding hydrogens is 482 g/mol. The number of nitrogens with zero attached hydrogens (tertiary/aromatic N) is 5. The number of ether oxygens (including phenoxy) is 1. The Morgan fingerprint density at radius 2 is 1.97 bits per heavy atom. The molecule has 3 aromatic rings. The van der Waals surface area contributed by atoms with Crippen LogP contribution in [0.2, 0.25) is 0 Å². The molecule has 2 aromatic carbocycles. The number of methoxy groups -OCH3 is 1. The van der Waals surface area contributed by atoms with E-state index in [4.69, 9.17) is 9.72 Å². The molecule has 10 heteroatoms. The lowest BCUT2D eigenvalue weighted by atomic mass is 10.0. The van der Waals surface area contributed by atoms with Crippen LogP contribution in [0, 0.1) is 0 Å². The molecule has 0 saturated carbocycles. The van der Waals surface area contributed by atoms with Gasteiger partial charge in [-0.3, -0.25) is 14.9 Å². The summed E-state index contributed by atoms with van der Waals surface area (Å²) in [7, 11) is 7.50. The average Bonchev–Trinajstić information content (AvgIpc) is 3.35. The van der Waals surface area contributed by atoms with Crippen LogP contribution in [0.4, 0.5) is 28.8 Å². The minimum Gasteiger partial charge on any atom is -0.494 e. The summed E-state index contributed by atoms with van der Waals surface area (Å²) < 4.78 is 5.70. The van der Waals surface area contributed by atoms with E-state index in [2.05, 4.69) is 44.1 Å². The third-order valence-corrected chi connectivity index (χ3v) is 6.45. The molecule has 10 nitrogen and oxygen atoms in total. The highest BCUT2D eigenvalue weighted by atomic mass is 16.5. The zero-order chi connectivity index (χ0) is 27.2. The van der Waals surface area contributed by atoms with Crippen LogP contribution in [0.25, 0.3) is 5.57 Å². The van der Waals surface area contributed by atoms with Crippen LogP contribution in [-0.2, 0) is 16.0 Å². The quantitative estimate of drug-likeness (QED) is 0.294. The number of para-hydroxylation sites is 1. The highest BCUT2D eigenvalue weighted by molar-refractivity contribution is 6.22. The summed E-state index contributed by atoms with van der Waals surface area (Å²) in [5.41, 5.74) is 4.43. The zero-order valence-corrected chi connectivity index (χ0v) is 22.2. The van der Waals surface area contributed by atoms with Crippen LogP contribution in [-0.4, -0.2) is 75.1 Å². The molecule has 0 fully saturated rings. The van der Waals surface area contributed by atoms with Crippen LogP contribution < -0.4 is 25.2 Å². The third-order valence-electron chi connectivity index (χ3n) is 6.45. The number of hydrogen-bond acceptors (Lipinski definition) is 9. The Morgan fingerprint density at radius 3 is 2.71 bits per heavy atom. The topological polar surface area (TPSA) is 103 Å². The van der Waals surface area contributed by atoms with Crippen LogP contribution in [0.3, 0.4) is 0 Å². The Labute approximate surface area is 222 Å². The monoisotopic (exact) mass is 515 g/mol. The van der Waals surface area contributed by atoms with E-state index in [-0.39, 0.29) is 5.57 Å². The van der Waals surface area contributed by atoms with Gasteiger partial charge in [0.25, 0.3) is 5.91 Å². The van der Waals surface area contributed by atoms with E-state index >= 15 is 0 Å². The van der Waals surface area contributed by atoms with E-state index < -0.39 is 5.91 Å². The summed E-state index contributed by atoms with van der Waals surface area (Å²) in [4.78, 5) is 38.9. The van der Waals surface area contributed by atoms with Crippen LogP contribution in [0.5, 0.6) is 5.75 Å². The Bertz CT molecular complexity index is 1340. The van der Waals surface area contributed by atoms with Gasteiger partial charge in [-0.05, 0) is 44.3 Å². The molecule has 38 heavy (non-hydrogen) atoms. The number of likely N-dealkylation sites (N-methyl/N-ethyl adjacent to an activating group) is 2. The average molecular weight is 516 g/mol. The molecule has 1 aliphatic heterocycles. The second-order valence-electron chi connectivity index (χ2n) is 9.26. The number of amides is 2. The highest BCUT2D eigenvalue weighted by Crippen LogP contribution is 2.38. The van der Waals surface area contributed by atoms with E-state index in [0.717, 1.165) is 36.7 Å². The lowest BCUT2D eigenvalue weighted by molar-refractivity contribution is -0.121. The SMILES string of the molecule is C=C(C(=O)NC=O)c1cc(Nc2nccc(N3CCc4ccccc43)n2)c(OC)cc1N(C)CCN(C)C. The van der Waals surface area contributed by atoms with Gasteiger partial charge in [0, 0.05) is 61.5 Å². The Morgan fingerprint density at radius 1 is 1.18 bits per heavy atom. The Balaban J connectivity index is 1.69. The lowest BCUT2D eigenvalue weighted by Gasteiger charge is -2.26. The molecule has 0 saturated heterocycles. The van der Waals surface area contributed by atoms with Crippen molar-refractivity contribution in [2.75, 3.05) is 63.0 Å². The van der Waals surface area contributed by atoms with E-state index in [1.54, 1.807) is 19.4 Å². The molecule has 0 atom stereocenters. The molecular formula is C28H33N7O3. The molecule has 0 bridgehead atoms. The van der Waals surface area contributed by atoms with Gasteiger partial charge in [-0.2, -0.15) is 4.98 Å². The number of aromatic nitrogens is 2. The van der Waals surface area contributed by atoms with E-state index in [1.165, 1.54) is 5.56 Å². The van der Waals surface area contributed by atoms with Crippen LogP contribution in [0.15, 0.2) is 55.2 Å². The van der Waals surface area contributed by atoms with Gasteiger partial charge >= 0.3 is 0 Å². The molecule has 198 valence electrons. The smallest absolute Gasteiger partial charge is 0.257 e. The first-order valence-electron chi connectivity index (χ1n) is 12.3. The van der Waals surface area contributed by atoms with Gasteiger partial charge in [0.05, 0.1) is 12.8 Å². The number of anilines is 5. The summed E-state index contributed by atoms with van der Waals surface area (Å²) in [6.45, 7) is 6.29. The summed E-state index contributed by atoms with van der Waals surface area (Å²) in [5.74, 6) is 1.13. The minimum atomic E-state index is -0.579. The second-order valence-corrected chi connectivity index (χ2v) is 9.26.